The van der Waals surface area contributed by atoms with Gasteiger partial charge in [-0.3, -0.25) is 14.2 Å². The third kappa shape index (κ3) is 6.02. The van der Waals surface area contributed by atoms with Crippen LogP contribution in [0.15, 0.2) is 119 Å². The van der Waals surface area contributed by atoms with Crippen LogP contribution >= 0.6 is 11.3 Å². The lowest BCUT2D eigenvalue weighted by Gasteiger charge is -2.24. The Balaban J connectivity index is 1.53. The van der Waals surface area contributed by atoms with Crippen LogP contribution in [0.2, 0.25) is 0 Å². The first-order chi connectivity index (χ1) is 22.2. The number of allylic oxidation sites excluding steroid dienone is 1. The fourth-order valence-corrected chi connectivity index (χ4v) is 6.31. The Morgan fingerprint density at radius 2 is 1.72 bits per heavy atom. The van der Waals surface area contributed by atoms with Crippen molar-refractivity contribution in [3.63, 3.8) is 0 Å². The van der Waals surface area contributed by atoms with Gasteiger partial charge >= 0.3 is 11.9 Å². The fraction of sp³-hybridized carbons (Fsp3) is 0.139. The first-order valence-electron chi connectivity index (χ1n) is 14.5. The number of carbonyl (C=O) groups excluding carboxylic acids is 2. The van der Waals surface area contributed by atoms with Gasteiger partial charge in [-0.25, -0.2) is 14.5 Å². The molecule has 2 aromatic heterocycles. The maximum absolute atomic E-state index is 14.3. The number of fused-ring (bicyclic) bond motifs is 1. The molecule has 0 saturated heterocycles. The number of rotatable bonds is 8. The molecular formula is C36H30N4O5S. The molecule has 0 fully saturated rings. The van der Waals surface area contributed by atoms with Crippen molar-refractivity contribution in [2.75, 3.05) is 6.61 Å². The summed E-state index contributed by atoms with van der Waals surface area (Å²) >= 11 is 1.23. The van der Waals surface area contributed by atoms with E-state index in [4.69, 9.17) is 14.6 Å². The number of hydrogen-bond donors (Lipinski definition) is 0. The summed E-state index contributed by atoms with van der Waals surface area (Å²) < 4.78 is 14.4. The molecule has 0 amide bonds. The largest absolute Gasteiger partial charge is 0.458 e. The Morgan fingerprint density at radius 3 is 2.39 bits per heavy atom. The summed E-state index contributed by atoms with van der Waals surface area (Å²) in [7, 11) is 0. The van der Waals surface area contributed by atoms with Gasteiger partial charge in [0, 0.05) is 24.2 Å². The lowest BCUT2D eigenvalue weighted by molar-refractivity contribution is -0.138. The van der Waals surface area contributed by atoms with Gasteiger partial charge in [-0.15, -0.1) is 0 Å². The number of ether oxygens (including phenoxy) is 2. The number of aromatic nitrogens is 3. The highest BCUT2D eigenvalue weighted by molar-refractivity contribution is 7.07. The van der Waals surface area contributed by atoms with Crippen molar-refractivity contribution in [3.05, 3.63) is 145 Å². The maximum atomic E-state index is 14.3. The number of thiazole rings is 1. The average Bonchev–Trinajstić information content (AvgIpc) is 3.60. The highest BCUT2D eigenvalue weighted by Gasteiger charge is 2.33. The first-order valence-corrected chi connectivity index (χ1v) is 15.4. The van der Waals surface area contributed by atoms with Gasteiger partial charge in [0.1, 0.15) is 12.4 Å². The first kappa shape index (κ1) is 30.4. The van der Waals surface area contributed by atoms with Crippen LogP contribution < -0.4 is 19.6 Å². The molecule has 1 unspecified atom stereocenters. The quantitative estimate of drug-likeness (QED) is 0.135. The summed E-state index contributed by atoms with van der Waals surface area (Å²) in [5.74, 6) is -0.708. The van der Waals surface area contributed by atoms with Gasteiger partial charge in [0.2, 0.25) is 0 Å². The molecule has 9 nitrogen and oxygen atoms in total. The molecule has 0 N–H and O–H groups in total. The van der Waals surface area contributed by atoms with E-state index in [1.165, 1.54) is 28.9 Å². The Hall–Kier alpha value is -5.61. The van der Waals surface area contributed by atoms with E-state index >= 15 is 0 Å². The Labute approximate surface area is 268 Å². The summed E-state index contributed by atoms with van der Waals surface area (Å²) in [6.07, 6.45) is 5.20. The lowest BCUT2D eigenvalue weighted by Crippen LogP contribution is -2.39. The summed E-state index contributed by atoms with van der Waals surface area (Å²) in [4.78, 5) is 44.2. The smallest absolute Gasteiger partial charge is 0.338 e. The number of hydrogen-bond acceptors (Lipinski definition) is 8. The minimum atomic E-state index is -0.828. The van der Waals surface area contributed by atoms with Gasteiger partial charge < -0.3 is 9.47 Å². The van der Waals surface area contributed by atoms with Crippen molar-refractivity contribution >= 4 is 29.4 Å². The molecule has 5 aromatic rings. The topological polar surface area (TPSA) is 105 Å². The van der Waals surface area contributed by atoms with Crippen molar-refractivity contribution in [1.82, 2.24) is 14.3 Å². The zero-order chi connectivity index (χ0) is 32.4. The summed E-state index contributed by atoms with van der Waals surface area (Å²) in [6, 6.07) is 23.7. The van der Waals surface area contributed by atoms with Gasteiger partial charge in [-0.1, -0.05) is 84.2 Å². The van der Waals surface area contributed by atoms with E-state index in [1.54, 1.807) is 35.9 Å². The number of para-hydroxylation sites is 1. The molecule has 0 bridgehead atoms. The van der Waals surface area contributed by atoms with Gasteiger partial charge in [-0.05, 0) is 49.8 Å². The van der Waals surface area contributed by atoms with Crippen LogP contribution in [0, 0.1) is 6.92 Å². The van der Waals surface area contributed by atoms with E-state index < -0.39 is 18.0 Å². The number of esters is 2. The minimum absolute atomic E-state index is 0.00529. The van der Waals surface area contributed by atoms with Crippen LogP contribution in [0.3, 0.4) is 0 Å². The average molecular weight is 631 g/mol. The van der Waals surface area contributed by atoms with Crippen LogP contribution in [0.5, 0.6) is 5.75 Å². The van der Waals surface area contributed by atoms with Crippen molar-refractivity contribution in [3.8, 4) is 22.7 Å². The molecule has 0 aliphatic carbocycles. The minimum Gasteiger partial charge on any atom is -0.458 e. The monoisotopic (exact) mass is 630 g/mol. The van der Waals surface area contributed by atoms with Crippen LogP contribution in [0.25, 0.3) is 23.0 Å². The standard InChI is InChI=1S/C36H30N4O5S/c1-5-19-44-35(43)31-23(3)37-36-40(33(31)26-15-17-29(18-16-26)45-24(4)41)34(42)30(46-36)20-27-21-39(28-9-7-6-8-10-28)38-32(27)25-13-11-22(2)12-14-25/h5-18,20-21,33H,1,19H2,2-4H3/b30-20-. The Kier molecular flexibility index (Phi) is 8.45. The second kappa shape index (κ2) is 12.8. The van der Waals surface area contributed by atoms with E-state index in [-0.39, 0.29) is 17.7 Å². The molecular weight excluding hydrogens is 600 g/mol. The van der Waals surface area contributed by atoms with E-state index in [0.29, 0.717) is 26.3 Å². The molecule has 0 saturated carbocycles. The van der Waals surface area contributed by atoms with Gasteiger partial charge in [-0.2, -0.15) is 5.10 Å². The van der Waals surface area contributed by atoms with Crippen LogP contribution in [-0.4, -0.2) is 32.9 Å². The van der Waals surface area contributed by atoms with Crippen molar-refractivity contribution in [1.29, 1.82) is 0 Å². The highest BCUT2D eigenvalue weighted by Crippen LogP contribution is 2.32. The van der Waals surface area contributed by atoms with Gasteiger partial charge in [0.05, 0.1) is 33.2 Å². The van der Waals surface area contributed by atoms with E-state index in [0.717, 1.165) is 28.1 Å². The molecule has 0 spiro atoms. The number of carbonyl (C=O) groups is 2. The number of nitrogens with zero attached hydrogens (tertiary/aromatic N) is 4. The molecule has 10 heteroatoms. The molecule has 3 aromatic carbocycles. The third-order valence-electron chi connectivity index (χ3n) is 7.41. The number of benzene rings is 3. The predicted molar refractivity (Wildman–Crippen MR) is 176 cm³/mol. The summed E-state index contributed by atoms with van der Waals surface area (Å²) in [5, 5.41) is 4.90. The molecule has 1 aliphatic rings. The summed E-state index contributed by atoms with van der Waals surface area (Å²) in [6.45, 7) is 8.71. The second-order valence-corrected chi connectivity index (χ2v) is 11.7. The molecule has 1 aliphatic heterocycles. The molecule has 6 rings (SSSR count). The fourth-order valence-electron chi connectivity index (χ4n) is 5.28. The molecule has 230 valence electrons. The zero-order valence-corrected chi connectivity index (χ0v) is 26.3. The third-order valence-corrected chi connectivity index (χ3v) is 8.39. The van der Waals surface area contributed by atoms with E-state index in [9.17, 15) is 14.4 Å². The zero-order valence-electron chi connectivity index (χ0n) is 25.5. The van der Waals surface area contributed by atoms with Crippen molar-refractivity contribution < 1.29 is 19.1 Å². The molecule has 0 radical (unpaired) electrons. The highest BCUT2D eigenvalue weighted by atomic mass is 32.1. The Bertz CT molecular complexity index is 2170. The van der Waals surface area contributed by atoms with Crippen LogP contribution in [0.4, 0.5) is 0 Å². The molecule has 3 heterocycles. The molecule has 46 heavy (non-hydrogen) atoms. The van der Waals surface area contributed by atoms with Crippen LogP contribution in [0.1, 0.15) is 36.6 Å². The van der Waals surface area contributed by atoms with Gasteiger partial charge in [0.25, 0.3) is 5.56 Å². The maximum Gasteiger partial charge on any atom is 0.338 e. The predicted octanol–water partition coefficient (Wildman–Crippen LogP) is 5.05. The van der Waals surface area contributed by atoms with E-state index in [2.05, 4.69) is 11.6 Å². The number of aryl methyl sites for hydroxylation is 1. The SMILES string of the molecule is C=CCOC(=O)C1=C(C)N=c2s/c(=C\c3cn(-c4ccccc4)nc3-c3ccc(C)cc3)c(=O)n2C1c1ccc(OC(C)=O)cc1. The molecule has 1 atom stereocenters. The van der Waals surface area contributed by atoms with E-state index in [1.807, 2.05) is 73.8 Å². The lowest BCUT2D eigenvalue weighted by atomic mass is 9.96. The van der Waals surface area contributed by atoms with Crippen LogP contribution in [-0.2, 0) is 14.3 Å². The van der Waals surface area contributed by atoms with Crippen molar-refractivity contribution in [2.24, 2.45) is 4.99 Å². The second-order valence-electron chi connectivity index (χ2n) is 10.7. The van der Waals surface area contributed by atoms with Gasteiger partial charge in [0.15, 0.2) is 4.80 Å². The Morgan fingerprint density at radius 1 is 1.00 bits per heavy atom. The van der Waals surface area contributed by atoms with Crippen molar-refractivity contribution in [2.45, 2.75) is 26.8 Å². The summed E-state index contributed by atoms with van der Waals surface area (Å²) in [5.41, 5.74) is 5.37. The normalized spacial score (nSPS) is 14.4.